The number of ether oxygens (including phenoxy) is 1. The lowest BCUT2D eigenvalue weighted by Crippen LogP contribution is -2.33. The van der Waals surface area contributed by atoms with Gasteiger partial charge in [0.05, 0.1) is 7.11 Å². The number of carbonyl (C=O) groups excluding carboxylic acids is 1. The molecule has 2 rings (SSSR count). The normalized spacial score (nSPS) is 22.8. The van der Waals surface area contributed by atoms with Crippen molar-refractivity contribution in [1.82, 2.24) is 5.48 Å². The largest absolute Gasteiger partial charge is 0.497 e. The van der Waals surface area contributed by atoms with Crippen LogP contribution in [0, 0.1) is 0 Å². The molecular formula is C14H19NO3S. The fourth-order valence-electron chi connectivity index (χ4n) is 2.52. The van der Waals surface area contributed by atoms with Crippen LogP contribution in [0.2, 0.25) is 0 Å². The molecule has 19 heavy (non-hydrogen) atoms. The van der Waals surface area contributed by atoms with Crippen LogP contribution >= 0.6 is 11.8 Å². The first kappa shape index (κ1) is 14.2. The maximum Gasteiger partial charge on any atom is 0.245 e. The van der Waals surface area contributed by atoms with Gasteiger partial charge in [-0.2, -0.15) is 0 Å². The van der Waals surface area contributed by atoms with Gasteiger partial charge in [0, 0.05) is 11.2 Å². The van der Waals surface area contributed by atoms with Crippen LogP contribution in [0.15, 0.2) is 24.3 Å². The highest BCUT2D eigenvalue weighted by Crippen LogP contribution is 2.47. The summed E-state index contributed by atoms with van der Waals surface area (Å²) in [5.41, 5.74) is 2.88. The van der Waals surface area contributed by atoms with Gasteiger partial charge in [-0.15, -0.1) is 11.8 Å². The Morgan fingerprint density at radius 2 is 2.16 bits per heavy atom. The Balaban J connectivity index is 2.27. The summed E-state index contributed by atoms with van der Waals surface area (Å²) in [4.78, 5) is 11.6. The highest BCUT2D eigenvalue weighted by atomic mass is 32.2. The lowest BCUT2D eigenvalue weighted by atomic mass is 9.88. The van der Waals surface area contributed by atoms with E-state index in [9.17, 15) is 4.79 Å². The van der Waals surface area contributed by atoms with Crippen molar-refractivity contribution in [2.45, 2.75) is 30.4 Å². The zero-order valence-electron chi connectivity index (χ0n) is 11.0. The van der Waals surface area contributed by atoms with Gasteiger partial charge in [0.25, 0.3) is 0 Å². The number of hydrogen-bond donors (Lipinski definition) is 2. The molecule has 104 valence electrons. The van der Waals surface area contributed by atoms with Gasteiger partial charge in [0.15, 0.2) is 0 Å². The number of benzene rings is 1. The predicted molar refractivity (Wildman–Crippen MR) is 75.5 cm³/mol. The van der Waals surface area contributed by atoms with E-state index in [0.29, 0.717) is 6.42 Å². The zero-order chi connectivity index (χ0) is 13.7. The highest BCUT2D eigenvalue weighted by molar-refractivity contribution is 8.00. The fourth-order valence-corrected chi connectivity index (χ4v) is 4.08. The summed E-state index contributed by atoms with van der Waals surface area (Å²) in [5, 5.41) is 8.78. The van der Waals surface area contributed by atoms with Crippen LogP contribution in [0.25, 0.3) is 0 Å². The Hall–Kier alpha value is -1.20. The summed E-state index contributed by atoms with van der Waals surface area (Å²) in [7, 11) is 1.64. The fraction of sp³-hybridized carbons (Fsp3) is 0.500. The molecule has 0 saturated carbocycles. The maximum atomic E-state index is 11.6. The van der Waals surface area contributed by atoms with Gasteiger partial charge in [-0.25, -0.2) is 5.48 Å². The lowest BCUT2D eigenvalue weighted by Gasteiger charge is -2.36. The first-order valence-electron chi connectivity index (χ1n) is 6.41. The summed E-state index contributed by atoms with van der Waals surface area (Å²) in [6, 6.07) is 7.87. The molecule has 1 unspecified atom stereocenters. The van der Waals surface area contributed by atoms with Crippen LogP contribution in [-0.2, 0) is 9.54 Å². The highest BCUT2D eigenvalue weighted by Gasteiger charge is 2.36. The predicted octanol–water partition coefficient (Wildman–Crippen LogP) is 2.70. The average Bonchev–Trinajstić information content (AvgIpc) is 2.48. The molecule has 1 fully saturated rings. The van der Waals surface area contributed by atoms with Gasteiger partial charge in [0.2, 0.25) is 5.91 Å². The third-order valence-corrected chi connectivity index (χ3v) is 5.17. The minimum atomic E-state index is -0.329. The molecule has 0 aromatic heterocycles. The van der Waals surface area contributed by atoms with Gasteiger partial charge < -0.3 is 4.74 Å². The molecule has 1 amide bonds. The molecule has 0 spiro atoms. The number of hydrogen-bond acceptors (Lipinski definition) is 4. The first-order valence-corrected chi connectivity index (χ1v) is 7.40. The van der Waals surface area contributed by atoms with E-state index in [-0.39, 0.29) is 10.7 Å². The second-order valence-electron chi connectivity index (χ2n) is 4.74. The Bertz CT molecular complexity index is 427. The molecule has 4 nitrogen and oxygen atoms in total. The summed E-state index contributed by atoms with van der Waals surface area (Å²) in [5.74, 6) is 1.53. The average molecular weight is 281 g/mol. The van der Waals surface area contributed by atoms with Crippen molar-refractivity contribution in [3.8, 4) is 5.75 Å². The molecule has 2 N–H and O–H groups in total. The molecule has 1 aromatic rings. The van der Waals surface area contributed by atoms with Crippen LogP contribution in [-0.4, -0.2) is 24.0 Å². The van der Waals surface area contributed by atoms with Crippen molar-refractivity contribution in [2.75, 3.05) is 12.9 Å². The van der Waals surface area contributed by atoms with E-state index in [1.54, 1.807) is 12.6 Å². The third kappa shape index (κ3) is 3.22. The van der Waals surface area contributed by atoms with E-state index < -0.39 is 0 Å². The van der Waals surface area contributed by atoms with E-state index >= 15 is 0 Å². The van der Waals surface area contributed by atoms with Crippen LogP contribution in [0.5, 0.6) is 5.75 Å². The van der Waals surface area contributed by atoms with Crippen molar-refractivity contribution in [3.63, 3.8) is 0 Å². The molecule has 1 atom stereocenters. The number of rotatable bonds is 4. The van der Waals surface area contributed by atoms with E-state index in [0.717, 1.165) is 29.9 Å². The Kier molecular flexibility index (Phi) is 4.71. The molecule has 0 bridgehead atoms. The van der Waals surface area contributed by atoms with Crippen LogP contribution in [0.4, 0.5) is 0 Å². The number of carbonyl (C=O) groups is 1. The van der Waals surface area contributed by atoms with Crippen molar-refractivity contribution in [2.24, 2.45) is 0 Å². The monoisotopic (exact) mass is 281 g/mol. The number of methoxy groups -OCH3 is 1. The van der Waals surface area contributed by atoms with E-state index in [1.807, 2.05) is 36.0 Å². The smallest absolute Gasteiger partial charge is 0.245 e. The van der Waals surface area contributed by atoms with E-state index in [1.165, 1.54) is 6.42 Å². The molecule has 0 aliphatic carbocycles. The Morgan fingerprint density at radius 1 is 1.42 bits per heavy atom. The first-order chi connectivity index (χ1) is 9.20. The Morgan fingerprint density at radius 3 is 2.68 bits per heavy atom. The second-order valence-corrected chi connectivity index (χ2v) is 6.22. The van der Waals surface area contributed by atoms with Gasteiger partial charge in [0.1, 0.15) is 5.75 Å². The standard InChI is InChI=1S/C14H19NO3S/c1-18-12-6-4-11(5-7-12)14(10-13(16)15-17)8-2-3-9-19-14/h4-7,17H,2-3,8-10H2,1H3,(H,15,16). The van der Waals surface area contributed by atoms with Crippen molar-refractivity contribution < 1.29 is 14.7 Å². The quantitative estimate of drug-likeness (QED) is 0.658. The van der Waals surface area contributed by atoms with E-state index in [4.69, 9.17) is 9.94 Å². The molecule has 1 saturated heterocycles. The summed E-state index contributed by atoms with van der Waals surface area (Å²) >= 11 is 1.81. The molecule has 5 heteroatoms. The van der Waals surface area contributed by atoms with Gasteiger partial charge in [-0.3, -0.25) is 10.0 Å². The zero-order valence-corrected chi connectivity index (χ0v) is 11.8. The maximum absolute atomic E-state index is 11.6. The number of hydroxylamine groups is 1. The molecule has 0 radical (unpaired) electrons. The van der Waals surface area contributed by atoms with Crippen LogP contribution in [0.1, 0.15) is 31.2 Å². The van der Waals surface area contributed by atoms with Crippen molar-refractivity contribution >= 4 is 17.7 Å². The number of nitrogens with one attached hydrogen (secondary N) is 1. The molecule has 1 aliphatic heterocycles. The van der Waals surface area contributed by atoms with Crippen LogP contribution < -0.4 is 10.2 Å². The summed E-state index contributed by atoms with van der Waals surface area (Å²) in [6.45, 7) is 0. The van der Waals surface area contributed by atoms with Crippen molar-refractivity contribution in [3.05, 3.63) is 29.8 Å². The van der Waals surface area contributed by atoms with Gasteiger partial charge >= 0.3 is 0 Å². The van der Waals surface area contributed by atoms with E-state index in [2.05, 4.69) is 0 Å². The minimum absolute atomic E-state index is 0.225. The Labute approximate surface area is 117 Å². The molecule has 1 aromatic carbocycles. The summed E-state index contributed by atoms with van der Waals surface area (Å²) < 4.78 is 4.94. The number of amides is 1. The summed E-state index contributed by atoms with van der Waals surface area (Å²) in [6.07, 6.45) is 3.55. The van der Waals surface area contributed by atoms with Crippen molar-refractivity contribution in [1.29, 1.82) is 0 Å². The lowest BCUT2D eigenvalue weighted by molar-refractivity contribution is -0.129. The topological polar surface area (TPSA) is 58.6 Å². The molecular weight excluding hydrogens is 262 g/mol. The second kappa shape index (κ2) is 6.30. The van der Waals surface area contributed by atoms with Crippen LogP contribution in [0.3, 0.4) is 0 Å². The SMILES string of the molecule is COc1ccc(C2(CC(=O)NO)CCCCS2)cc1. The van der Waals surface area contributed by atoms with Gasteiger partial charge in [-0.1, -0.05) is 18.6 Å². The molecule has 1 heterocycles. The molecule has 1 aliphatic rings. The number of thioether (sulfide) groups is 1. The minimum Gasteiger partial charge on any atom is -0.497 e. The van der Waals surface area contributed by atoms with Gasteiger partial charge in [-0.05, 0) is 36.3 Å². The third-order valence-electron chi connectivity index (χ3n) is 3.54.